The molecule has 1 rings (SSSR count). The number of pyridine rings is 1. The van der Waals surface area contributed by atoms with E-state index < -0.39 is 0 Å². The van der Waals surface area contributed by atoms with Crippen LogP contribution >= 0.6 is 0 Å². The number of hydrogen-bond acceptors (Lipinski definition) is 2. The normalized spacial score (nSPS) is 10.2. The quantitative estimate of drug-likeness (QED) is 0.687. The van der Waals surface area contributed by atoms with Gasteiger partial charge in [-0.05, 0) is 38.1 Å². The fourth-order valence-corrected chi connectivity index (χ4v) is 1.06. The Hall–Kier alpha value is -0.960. The molecule has 0 saturated heterocycles. The Balaban J connectivity index is 2.46. The number of aryl methyl sites for hydroxylation is 1. The minimum Gasteiger partial charge on any atom is -0.320 e. The van der Waals surface area contributed by atoms with E-state index in [-0.39, 0.29) is 5.82 Å². The van der Waals surface area contributed by atoms with Crippen LogP contribution in [0.15, 0.2) is 18.5 Å². The Bertz CT molecular complexity index is 238. The maximum atomic E-state index is 12.9. The largest absolute Gasteiger partial charge is 0.320 e. The van der Waals surface area contributed by atoms with Crippen LogP contribution in [-0.2, 0) is 6.42 Å². The molecule has 1 heterocycles. The van der Waals surface area contributed by atoms with Crippen LogP contribution in [0.1, 0.15) is 12.0 Å². The summed E-state index contributed by atoms with van der Waals surface area (Å²) in [5.41, 5.74) is 0.750. The summed E-state index contributed by atoms with van der Waals surface area (Å²) < 4.78 is 12.9. The predicted octanol–water partition coefficient (Wildman–Crippen LogP) is 1.37. The summed E-state index contributed by atoms with van der Waals surface area (Å²) in [6.07, 6.45) is 4.61. The maximum absolute atomic E-state index is 12.9. The van der Waals surface area contributed by atoms with Gasteiger partial charge in [0.1, 0.15) is 5.82 Å². The first-order chi connectivity index (χ1) is 5.84. The van der Waals surface area contributed by atoms with E-state index in [9.17, 15) is 4.39 Å². The van der Waals surface area contributed by atoms with Crippen LogP contribution in [0.4, 0.5) is 4.39 Å². The van der Waals surface area contributed by atoms with Gasteiger partial charge in [0.2, 0.25) is 0 Å². The second-order valence-electron chi connectivity index (χ2n) is 2.67. The minimum absolute atomic E-state index is 0.200. The number of halogens is 1. The smallest absolute Gasteiger partial charge is 0.144 e. The van der Waals surface area contributed by atoms with Gasteiger partial charge in [0.15, 0.2) is 0 Å². The van der Waals surface area contributed by atoms with E-state index in [2.05, 4.69) is 10.3 Å². The van der Waals surface area contributed by atoms with Crippen molar-refractivity contribution in [1.82, 2.24) is 10.3 Å². The minimum atomic E-state index is -0.200. The highest BCUT2D eigenvalue weighted by molar-refractivity contribution is 5.12. The van der Waals surface area contributed by atoms with Crippen LogP contribution in [0.25, 0.3) is 0 Å². The number of hydrogen-bond donors (Lipinski definition) is 1. The predicted molar refractivity (Wildman–Crippen MR) is 46.4 cm³/mol. The van der Waals surface area contributed by atoms with E-state index in [1.165, 1.54) is 6.20 Å². The van der Waals surface area contributed by atoms with E-state index in [0.717, 1.165) is 24.9 Å². The Morgan fingerprint density at radius 2 is 2.42 bits per heavy atom. The lowest BCUT2D eigenvalue weighted by Gasteiger charge is -2.01. The van der Waals surface area contributed by atoms with Gasteiger partial charge in [-0.25, -0.2) is 4.39 Å². The number of rotatable bonds is 4. The van der Waals surface area contributed by atoms with Gasteiger partial charge < -0.3 is 5.32 Å². The fourth-order valence-electron chi connectivity index (χ4n) is 1.06. The Morgan fingerprint density at radius 3 is 3.08 bits per heavy atom. The lowest BCUT2D eigenvalue weighted by atomic mass is 10.1. The SMILES string of the molecule is CNCCCc1ccncc1F. The summed E-state index contributed by atoms with van der Waals surface area (Å²) in [4.78, 5) is 3.68. The lowest BCUT2D eigenvalue weighted by molar-refractivity contribution is 0.594. The Kier molecular flexibility index (Phi) is 3.67. The van der Waals surface area contributed by atoms with Gasteiger partial charge >= 0.3 is 0 Å². The van der Waals surface area contributed by atoms with Crippen LogP contribution in [-0.4, -0.2) is 18.6 Å². The van der Waals surface area contributed by atoms with Gasteiger partial charge in [0.25, 0.3) is 0 Å². The van der Waals surface area contributed by atoms with E-state index in [4.69, 9.17) is 0 Å². The molecule has 0 bridgehead atoms. The molecular weight excluding hydrogens is 155 g/mol. The Morgan fingerprint density at radius 1 is 1.58 bits per heavy atom. The van der Waals surface area contributed by atoms with Gasteiger partial charge in [-0.15, -0.1) is 0 Å². The van der Waals surface area contributed by atoms with Crippen LogP contribution in [0.5, 0.6) is 0 Å². The van der Waals surface area contributed by atoms with Crippen molar-refractivity contribution in [1.29, 1.82) is 0 Å². The van der Waals surface area contributed by atoms with E-state index in [1.54, 1.807) is 12.3 Å². The topological polar surface area (TPSA) is 24.9 Å². The molecule has 0 saturated carbocycles. The average Bonchev–Trinajstić information content (AvgIpc) is 2.09. The summed E-state index contributed by atoms with van der Waals surface area (Å²) in [6, 6.07) is 1.73. The van der Waals surface area contributed by atoms with Crippen molar-refractivity contribution in [2.24, 2.45) is 0 Å². The third kappa shape index (κ3) is 2.58. The number of nitrogens with zero attached hydrogens (tertiary/aromatic N) is 1. The highest BCUT2D eigenvalue weighted by Crippen LogP contribution is 2.06. The third-order valence-electron chi connectivity index (χ3n) is 1.73. The highest BCUT2D eigenvalue weighted by Gasteiger charge is 1.99. The second kappa shape index (κ2) is 4.83. The zero-order chi connectivity index (χ0) is 8.81. The molecule has 0 aliphatic rings. The lowest BCUT2D eigenvalue weighted by Crippen LogP contribution is -2.08. The zero-order valence-electron chi connectivity index (χ0n) is 7.18. The van der Waals surface area contributed by atoms with Gasteiger partial charge in [-0.3, -0.25) is 4.98 Å². The van der Waals surface area contributed by atoms with Crippen molar-refractivity contribution in [2.75, 3.05) is 13.6 Å². The van der Waals surface area contributed by atoms with Crippen LogP contribution in [0, 0.1) is 5.82 Å². The van der Waals surface area contributed by atoms with Crippen molar-refractivity contribution in [3.8, 4) is 0 Å². The zero-order valence-corrected chi connectivity index (χ0v) is 7.18. The molecule has 3 heteroatoms. The van der Waals surface area contributed by atoms with Gasteiger partial charge in [0.05, 0.1) is 6.20 Å². The van der Waals surface area contributed by atoms with Gasteiger partial charge in [-0.2, -0.15) is 0 Å². The summed E-state index contributed by atoms with van der Waals surface area (Å²) >= 11 is 0. The molecule has 0 unspecified atom stereocenters. The molecule has 1 N–H and O–H groups in total. The molecule has 0 fully saturated rings. The summed E-state index contributed by atoms with van der Waals surface area (Å²) in [6.45, 7) is 0.918. The molecule has 2 nitrogen and oxygen atoms in total. The molecular formula is C9H13FN2. The monoisotopic (exact) mass is 168 g/mol. The summed E-state index contributed by atoms with van der Waals surface area (Å²) in [5, 5.41) is 3.02. The first-order valence-electron chi connectivity index (χ1n) is 4.07. The maximum Gasteiger partial charge on any atom is 0.144 e. The summed E-state index contributed by atoms with van der Waals surface area (Å²) in [5.74, 6) is -0.200. The Labute approximate surface area is 71.8 Å². The van der Waals surface area contributed by atoms with Crippen molar-refractivity contribution in [3.63, 3.8) is 0 Å². The second-order valence-corrected chi connectivity index (χ2v) is 2.67. The molecule has 0 radical (unpaired) electrons. The van der Waals surface area contributed by atoms with Gasteiger partial charge in [-0.1, -0.05) is 0 Å². The fraction of sp³-hybridized carbons (Fsp3) is 0.444. The standard InChI is InChI=1S/C9H13FN2/c1-11-5-2-3-8-4-6-12-7-9(8)10/h4,6-7,11H,2-3,5H2,1H3. The molecule has 0 aliphatic heterocycles. The van der Waals surface area contributed by atoms with Crippen molar-refractivity contribution < 1.29 is 4.39 Å². The molecule has 1 aromatic rings. The number of nitrogens with one attached hydrogen (secondary N) is 1. The average molecular weight is 168 g/mol. The molecule has 0 amide bonds. The van der Waals surface area contributed by atoms with Crippen LogP contribution in [0.2, 0.25) is 0 Å². The third-order valence-corrected chi connectivity index (χ3v) is 1.73. The molecule has 66 valence electrons. The highest BCUT2D eigenvalue weighted by atomic mass is 19.1. The van der Waals surface area contributed by atoms with Crippen molar-refractivity contribution in [3.05, 3.63) is 29.8 Å². The van der Waals surface area contributed by atoms with Crippen LogP contribution in [0.3, 0.4) is 0 Å². The van der Waals surface area contributed by atoms with Crippen molar-refractivity contribution in [2.45, 2.75) is 12.8 Å². The molecule has 1 aromatic heterocycles. The molecule has 12 heavy (non-hydrogen) atoms. The molecule has 0 aliphatic carbocycles. The van der Waals surface area contributed by atoms with Crippen LogP contribution < -0.4 is 5.32 Å². The number of aromatic nitrogens is 1. The van der Waals surface area contributed by atoms with E-state index in [0.29, 0.717) is 0 Å². The van der Waals surface area contributed by atoms with E-state index in [1.807, 2.05) is 7.05 Å². The van der Waals surface area contributed by atoms with Gasteiger partial charge in [0, 0.05) is 6.20 Å². The summed E-state index contributed by atoms with van der Waals surface area (Å²) in [7, 11) is 1.89. The molecule has 0 atom stereocenters. The van der Waals surface area contributed by atoms with Crippen molar-refractivity contribution >= 4 is 0 Å². The first kappa shape index (κ1) is 9.13. The first-order valence-corrected chi connectivity index (χ1v) is 4.07. The molecule has 0 aromatic carbocycles. The van der Waals surface area contributed by atoms with E-state index >= 15 is 0 Å². The molecule has 0 spiro atoms.